The van der Waals surface area contributed by atoms with E-state index in [9.17, 15) is 5.11 Å². The molecule has 1 aromatic heterocycles. The van der Waals surface area contributed by atoms with Crippen molar-refractivity contribution in [3.05, 3.63) is 16.3 Å². The van der Waals surface area contributed by atoms with Crippen LogP contribution in [0.2, 0.25) is 0 Å². The summed E-state index contributed by atoms with van der Waals surface area (Å²) in [5, 5.41) is 11.8. The van der Waals surface area contributed by atoms with Gasteiger partial charge in [-0.3, -0.25) is 0 Å². The van der Waals surface area contributed by atoms with Gasteiger partial charge in [-0.1, -0.05) is 20.3 Å². The molecule has 1 N–H and O–H groups in total. The molecule has 2 unspecified atom stereocenters. The van der Waals surface area contributed by atoms with E-state index in [1.807, 2.05) is 11.4 Å². The Bertz CT molecular complexity index is 270. The molecule has 0 aliphatic heterocycles. The molecule has 0 saturated heterocycles. The summed E-state index contributed by atoms with van der Waals surface area (Å²) in [4.78, 5) is 1.00. The molecule has 1 rings (SSSR count). The van der Waals surface area contributed by atoms with Crippen molar-refractivity contribution in [1.29, 1.82) is 0 Å². The second-order valence-corrected chi connectivity index (χ2v) is 4.60. The van der Waals surface area contributed by atoms with Crippen molar-refractivity contribution < 1.29 is 9.84 Å². The molecule has 2 atom stereocenters. The lowest BCUT2D eigenvalue weighted by atomic mass is 10.0. The van der Waals surface area contributed by atoms with E-state index in [1.54, 1.807) is 18.4 Å². The molecule has 1 aromatic rings. The smallest absolute Gasteiger partial charge is 0.129 e. The highest BCUT2D eigenvalue weighted by Crippen LogP contribution is 2.30. The van der Waals surface area contributed by atoms with Crippen LogP contribution in [0, 0.1) is 5.92 Å². The molecule has 0 aliphatic rings. The summed E-state index contributed by atoms with van der Waals surface area (Å²) in [5.41, 5.74) is 0. The van der Waals surface area contributed by atoms with Crippen molar-refractivity contribution in [2.75, 3.05) is 7.11 Å². The highest BCUT2D eigenvalue weighted by molar-refractivity contribution is 7.10. The predicted molar refractivity (Wildman–Crippen MR) is 59.9 cm³/mol. The maximum Gasteiger partial charge on any atom is 0.129 e. The van der Waals surface area contributed by atoms with Crippen molar-refractivity contribution in [1.82, 2.24) is 0 Å². The van der Waals surface area contributed by atoms with Gasteiger partial charge in [0.1, 0.15) is 5.75 Å². The third-order valence-electron chi connectivity index (χ3n) is 2.48. The Morgan fingerprint density at radius 2 is 2.29 bits per heavy atom. The summed E-state index contributed by atoms with van der Waals surface area (Å²) >= 11 is 1.56. The molecule has 1 heterocycles. The van der Waals surface area contributed by atoms with Crippen molar-refractivity contribution in [3.63, 3.8) is 0 Å². The van der Waals surface area contributed by atoms with Crippen LogP contribution in [-0.4, -0.2) is 12.2 Å². The summed E-state index contributed by atoms with van der Waals surface area (Å²) in [5.74, 6) is 1.41. The number of aliphatic hydroxyl groups excluding tert-OH is 1. The zero-order valence-electron chi connectivity index (χ0n) is 8.99. The molecule has 3 heteroatoms. The van der Waals surface area contributed by atoms with Gasteiger partial charge in [0.05, 0.1) is 13.2 Å². The zero-order valence-corrected chi connectivity index (χ0v) is 9.80. The molecular weight excluding hydrogens is 196 g/mol. The number of hydrogen-bond acceptors (Lipinski definition) is 3. The maximum absolute atomic E-state index is 9.89. The van der Waals surface area contributed by atoms with Crippen LogP contribution in [0.15, 0.2) is 11.4 Å². The van der Waals surface area contributed by atoms with E-state index in [4.69, 9.17) is 4.74 Å². The third kappa shape index (κ3) is 3.00. The van der Waals surface area contributed by atoms with Gasteiger partial charge < -0.3 is 9.84 Å². The SMILES string of the molecule is CCC(C)CC(O)c1cc(OC)cs1. The van der Waals surface area contributed by atoms with E-state index in [2.05, 4.69) is 13.8 Å². The van der Waals surface area contributed by atoms with Gasteiger partial charge in [0.2, 0.25) is 0 Å². The fourth-order valence-electron chi connectivity index (χ4n) is 1.28. The monoisotopic (exact) mass is 214 g/mol. The quantitative estimate of drug-likeness (QED) is 0.815. The van der Waals surface area contributed by atoms with Crippen LogP contribution >= 0.6 is 11.3 Å². The van der Waals surface area contributed by atoms with Crippen LogP contribution in [0.5, 0.6) is 5.75 Å². The molecule has 0 radical (unpaired) electrons. The van der Waals surface area contributed by atoms with Crippen LogP contribution in [0.25, 0.3) is 0 Å². The minimum absolute atomic E-state index is 0.334. The lowest BCUT2D eigenvalue weighted by molar-refractivity contribution is 0.150. The Hall–Kier alpha value is -0.540. The van der Waals surface area contributed by atoms with Crippen LogP contribution in [0.3, 0.4) is 0 Å². The molecule has 0 fully saturated rings. The summed E-state index contributed by atoms with van der Waals surface area (Å²) < 4.78 is 5.08. The third-order valence-corrected chi connectivity index (χ3v) is 3.49. The number of thiophene rings is 1. The number of ether oxygens (including phenoxy) is 1. The number of methoxy groups -OCH3 is 1. The first-order valence-corrected chi connectivity index (χ1v) is 5.85. The van der Waals surface area contributed by atoms with E-state index < -0.39 is 0 Å². The maximum atomic E-state index is 9.89. The van der Waals surface area contributed by atoms with Gasteiger partial charge in [0.15, 0.2) is 0 Å². The first-order chi connectivity index (χ1) is 6.67. The van der Waals surface area contributed by atoms with Gasteiger partial charge in [0.25, 0.3) is 0 Å². The van der Waals surface area contributed by atoms with Crippen molar-refractivity contribution >= 4 is 11.3 Å². The fourth-order valence-corrected chi connectivity index (χ4v) is 2.13. The summed E-state index contributed by atoms with van der Waals surface area (Å²) in [6.07, 6.45) is 1.61. The van der Waals surface area contributed by atoms with Gasteiger partial charge in [-0.25, -0.2) is 0 Å². The van der Waals surface area contributed by atoms with Crippen LogP contribution in [0.1, 0.15) is 37.7 Å². The fraction of sp³-hybridized carbons (Fsp3) is 0.636. The van der Waals surface area contributed by atoms with E-state index in [0.29, 0.717) is 5.92 Å². The van der Waals surface area contributed by atoms with Crippen LogP contribution in [0.4, 0.5) is 0 Å². The Labute approximate surface area is 89.5 Å². The molecule has 2 nitrogen and oxygen atoms in total. The first-order valence-electron chi connectivity index (χ1n) is 4.97. The molecule has 0 spiro atoms. The molecular formula is C11H18O2S. The number of aliphatic hydroxyl groups is 1. The first kappa shape index (κ1) is 11.5. The lowest BCUT2D eigenvalue weighted by Gasteiger charge is -2.12. The standard InChI is InChI=1S/C11H18O2S/c1-4-8(2)5-10(12)11-6-9(13-3)7-14-11/h6-8,10,12H,4-5H2,1-3H3. The molecule has 14 heavy (non-hydrogen) atoms. The molecule has 0 aromatic carbocycles. The molecule has 0 amide bonds. The van der Waals surface area contributed by atoms with Crippen molar-refractivity contribution in [2.24, 2.45) is 5.92 Å². The minimum Gasteiger partial charge on any atom is -0.496 e. The molecule has 0 aliphatic carbocycles. The minimum atomic E-state index is -0.334. The second kappa shape index (κ2) is 5.37. The molecule has 0 bridgehead atoms. The Balaban J connectivity index is 2.55. The topological polar surface area (TPSA) is 29.5 Å². The van der Waals surface area contributed by atoms with E-state index in [-0.39, 0.29) is 6.10 Å². The Kier molecular flexibility index (Phi) is 4.42. The van der Waals surface area contributed by atoms with Gasteiger partial charge in [-0.2, -0.15) is 0 Å². The van der Waals surface area contributed by atoms with E-state index >= 15 is 0 Å². The van der Waals surface area contributed by atoms with Gasteiger partial charge in [-0.15, -0.1) is 11.3 Å². The summed E-state index contributed by atoms with van der Waals surface area (Å²) in [6, 6.07) is 1.91. The van der Waals surface area contributed by atoms with Crippen molar-refractivity contribution in [2.45, 2.75) is 32.8 Å². The number of rotatable bonds is 5. The Morgan fingerprint density at radius 3 is 2.79 bits per heavy atom. The summed E-state index contributed by atoms with van der Waals surface area (Å²) in [7, 11) is 1.65. The lowest BCUT2D eigenvalue weighted by Crippen LogP contribution is -2.01. The highest BCUT2D eigenvalue weighted by atomic mass is 32.1. The number of hydrogen-bond donors (Lipinski definition) is 1. The average Bonchev–Trinajstić information content (AvgIpc) is 2.65. The van der Waals surface area contributed by atoms with Crippen LogP contribution < -0.4 is 4.74 Å². The van der Waals surface area contributed by atoms with E-state index in [0.717, 1.165) is 23.5 Å². The highest BCUT2D eigenvalue weighted by Gasteiger charge is 2.13. The second-order valence-electron chi connectivity index (χ2n) is 3.65. The van der Waals surface area contributed by atoms with Gasteiger partial charge in [0, 0.05) is 10.3 Å². The summed E-state index contributed by atoms with van der Waals surface area (Å²) in [6.45, 7) is 4.31. The average molecular weight is 214 g/mol. The van der Waals surface area contributed by atoms with Gasteiger partial charge in [-0.05, 0) is 18.4 Å². The Morgan fingerprint density at radius 1 is 1.57 bits per heavy atom. The molecule has 0 saturated carbocycles. The largest absolute Gasteiger partial charge is 0.496 e. The van der Waals surface area contributed by atoms with Gasteiger partial charge >= 0.3 is 0 Å². The molecule has 80 valence electrons. The van der Waals surface area contributed by atoms with E-state index in [1.165, 1.54) is 0 Å². The predicted octanol–water partition coefficient (Wildman–Crippen LogP) is 3.23. The zero-order chi connectivity index (χ0) is 10.6. The van der Waals surface area contributed by atoms with Crippen LogP contribution in [-0.2, 0) is 0 Å². The normalized spacial score (nSPS) is 15.1. The van der Waals surface area contributed by atoms with Crippen molar-refractivity contribution in [3.8, 4) is 5.75 Å².